The molecule has 0 fully saturated rings. The average molecular weight is 304 g/mol. The van der Waals surface area contributed by atoms with Gasteiger partial charge in [-0.25, -0.2) is 0 Å². The lowest BCUT2D eigenvalue weighted by molar-refractivity contribution is 0.304. The van der Waals surface area contributed by atoms with Crippen molar-refractivity contribution in [2.24, 2.45) is 0 Å². The second kappa shape index (κ2) is 5.83. The first kappa shape index (κ1) is 12.8. The highest BCUT2D eigenvalue weighted by Gasteiger charge is 2.07. The fraction of sp³-hybridized carbons (Fsp3) is 0.133. The molecule has 0 amide bonds. The molecule has 0 spiro atoms. The molecule has 91 valence electrons. The molecule has 0 bridgehead atoms. The zero-order valence-electron chi connectivity index (χ0n) is 9.94. The van der Waals surface area contributed by atoms with Crippen LogP contribution < -0.4 is 4.74 Å². The maximum atomic E-state index is 10.7. The van der Waals surface area contributed by atoms with E-state index in [-0.39, 0.29) is 0 Å². The predicted octanol–water partition coefficient (Wildman–Crippen LogP) is 3.79. The van der Waals surface area contributed by atoms with Crippen LogP contribution in [-0.2, 0) is 11.4 Å². The molecule has 2 nitrogen and oxygen atoms in total. The highest BCUT2D eigenvalue weighted by molar-refractivity contribution is 9.10. The smallest absolute Gasteiger partial charge is 0.233 e. The molecule has 0 atom stereocenters. The summed E-state index contributed by atoms with van der Waals surface area (Å²) >= 11 is 3.39. The zero-order valence-corrected chi connectivity index (χ0v) is 11.5. The average Bonchev–Trinajstić information content (AvgIpc) is 2.40. The zero-order chi connectivity index (χ0) is 13.0. The van der Waals surface area contributed by atoms with Crippen LogP contribution >= 0.6 is 15.9 Å². The minimum absolute atomic E-state index is 0.503. The first-order valence-corrected chi connectivity index (χ1v) is 6.35. The van der Waals surface area contributed by atoms with Crippen molar-refractivity contribution < 1.29 is 9.53 Å². The van der Waals surface area contributed by atoms with E-state index in [1.54, 1.807) is 6.07 Å². The molecule has 2 aromatic rings. The molecular weight excluding hydrogens is 292 g/mol. The molecule has 0 heterocycles. The van der Waals surface area contributed by atoms with Gasteiger partial charge in [0, 0.05) is 5.56 Å². The normalized spacial score (nSPS) is 10.1. The molecule has 0 aliphatic rings. The first-order chi connectivity index (χ1) is 8.70. The third kappa shape index (κ3) is 2.99. The van der Waals surface area contributed by atoms with E-state index in [2.05, 4.69) is 15.9 Å². The highest BCUT2D eigenvalue weighted by atomic mass is 79.9. The molecular formula is C15H12BrO2. The number of hydrogen-bond acceptors (Lipinski definition) is 2. The van der Waals surface area contributed by atoms with Crippen molar-refractivity contribution in [1.29, 1.82) is 0 Å². The second-order valence-electron chi connectivity index (χ2n) is 3.97. The third-order valence-corrected chi connectivity index (χ3v) is 3.25. The minimum atomic E-state index is 0.503. The van der Waals surface area contributed by atoms with E-state index in [0.29, 0.717) is 12.2 Å². The number of benzene rings is 2. The molecule has 3 heteroatoms. The summed E-state index contributed by atoms with van der Waals surface area (Å²) in [6.07, 6.45) is 1.90. The molecule has 2 rings (SSSR count). The Morgan fingerprint density at radius 2 is 1.94 bits per heavy atom. The lowest BCUT2D eigenvalue weighted by atomic mass is 10.1. The molecule has 0 aliphatic heterocycles. The molecule has 0 saturated heterocycles. The predicted molar refractivity (Wildman–Crippen MR) is 74.4 cm³/mol. The Balaban J connectivity index is 2.15. The molecule has 2 aromatic carbocycles. The van der Waals surface area contributed by atoms with Crippen LogP contribution in [0.5, 0.6) is 5.75 Å². The molecule has 0 aliphatic carbocycles. The van der Waals surface area contributed by atoms with Gasteiger partial charge in [0.25, 0.3) is 0 Å². The summed E-state index contributed by atoms with van der Waals surface area (Å²) in [5.74, 6) is 0.732. The van der Waals surface area contributed by atoms with Gasteiger partial charge in [-0.1, -0.05) is 30.3 Å². The third-order valence-electron chi connectivity index (χ3n) is 2.63. The highest BCUT2D eigenvalue weighted by Crippen LogP contribution is 2.28. The van der Waals surface area contributed by atoms with Gasteiger partial charge in [0.1, 0.15) is 12.4 Å². The van der Waals surface area contributed by atoms with Gasteiger partial charge in [-0.05, 0) is 46.1 Å². The molecule has 0 unspecified atom stereocenters. The second-order valence-corrected chi connectivity index (χ2v) is 4.83. The van der Waals surface area contributed by atoms with Gasteiger partial charge in [-0.3, -0.25) is 4.79 Å². The van der Waals surface area contributed by atoms with E-state index in [0.717, 1.165) is 21.3 Å². The van der Waals surface area contributed by atoms with Crippen LogP contribution in [0.3, 0.4) is 0 Å². The number of rotatable bonds is 4. The van der Waals surface area contributed by atoms with Crippen molar-refractivity contribution in [3.05, 3.63) is 63.6 Å². The topological polar surface area (TPSA) is 26.3 Å². The maximum Gasteiger partial charge on any atom is 0.233 e. The van der Waals surface area contributed by atoms with Crippen molar-refractivity contribution >= 4 is 22.2 Å². The Morgan fingerprint density at radius 3 is 2.61 bits per heavy atom. The summed E-state index contributed by atoms with van der Waals surface area (Å²) in [6, 6.07) is 13.5. The Hall–Kier alpha value is -1.61. The van der Waals surface area contributed by atoms with Crippen LogP contribution in [0.15, 0.2) is 46.9 Å². The largest absolute Gasteiger partial charge is 0.488 e. The summed E-state index contributed by atoms with van der Waals surface area (Å²) < 4.78 is 6.49. The van der Waals surface area contributed by atoms with E-state index in [9.17, 15) is 4.79 Å². The molecule has 0 N–H and O–H groups in total. The van der Waals surface area contributed by atoms with Gasteiger partial charge in [0.05, 0.1) is 4.47 Å². The van der Waals surface area contributed by atoms with Gasteiger partial charge in [-0.15, -0.1) is 0 Å². The first-order valence-electron chi connectivity index (χ1n) is 5.55. The standard InChI is InChI=1S/C15H12BrO2/c1-11-7-15(14(16)8-13(11)9-17)18-10-12-5-3-2-4-6-12/h2-8H,10H2,1H3. The fourth-order valence-corrected chi connectivity index (χ4v) is 2.07. The van der Waals surface area contributed by atoms with Crippen LogP contribution in [0.4, 0.5) is 0 Å². The summed E-state index contributed by atoms with van der Waals surface area (Å²) in [5, 5.41) is 0. The van der Waals surface area contributed by atoms with Crippen LogP contribution in [-0.4, -0.2) is 6.29 Å². The maximum absolute atomic E-state index is 10.7. The number of carbonyl (C=O) groups excluding carboxylic acids is 1. The molecule has 0 aromatic heterocycles. The lowest BCUT2D eigenvalue weighted by Crippen LogP contribution is -1.97. The van der Waals surface area contributed by atoms with Crippen LogP contribution in [0.25, 0.3) is 0 Å². The quantitative estimate of drug-likeness (QED) is 0.859. The number of hydrogen-bond donors (Lipinski definition) is 0. The van der Waals surface area contributed by atoms with Gasteiger partial charge < -0.3 is 4.74 Å². The summed E-state index contributed by atoms with van der Waals surface area (Å²) in [7, 11) is 0. The van der Waals surface area contributed by atoms with Crippen molar-refractivity contribution in [1.82, 2.24) is 0 Å². The summed E-state index contributed by atoms with van der Waals surface area (Å²) in [5.41, 5.74) is 2.51. The number of aryl methyl sites for hydroxylation is 1. The van der Waals surface area contributed by atoms with Crippen LogP contribution in [0.1, 0.15) is 16.7 Å². The van der Waals surface area contributed by atoms with Gasteiger partial charge in [0.2, 0.25) is 6.29 Å². The Bertz CT molecular complexity index is 550. The number of ether oxygens (including phenoxy) is 1. The molecule has 0 saturated carbocycles. The van der Waals surface area contributed by atoms with Crippen molar-refractivity contribution in [3.8, 4) is 5.75 Å². The Labute approximate surface area is 115 Å². The Kier molecular flexibility index (Phi) is 4.15. The van der Waals surface area contributed by atoms with E-state index in [1.165, 1.54) is 0 Å². The van der Waals surface area contributed by atoms with Crippen LogP contribution in [0.2, 0.25) is 0 Å². The van der Waals surface area contributed by atoms with E-state index < -0.39 is 0 Å². The lowest BCUT2D eigenvalue weighted by Gasteiger charge is -2.10. The summed E-state index contributed by atoms with van der Waals surface area (Å²) in [6.45, 7) is 2.37. The monoisotopic (exact) mass is 303 g/mol. The SMILES string of the molecule is Cc1cc(OCc2ccccc2)c(Br)cc1[C]=O. The van der Waals surface area contributed by atoms with Gasteiger partial charge in [-0.2, -0.15) is 0 Å². The molecule has 18 heavy (non-hydrogen) atoms. The van der Waals surface area contributed by atoms with E-state index in [1.807, 2.05) is 49.6 Å². The van der Waals surface area contributed by atoms with E-state index >= 15 is 0 Å². The van der Waals surface area contributed by atoms with Crippen molar-refractivity contribution in [2.75, 3.05) is 0 Å². The molecule has 1 radical (unpaired) electrons. The fourth-order valence-electron chi connectivity index (χ4n) is 1.61. The van der Waals surface area contributed by atoms with Crippen LogP contribution in [0, 0.1) is 6.92 Å². The number of halogens is 1. The van der Waals surface area contributed by atoms with Gasteiger partial charge in [0.15, 0.2) is 0 Å². The van der Waals surface area contributed by atoms with Gasteiger partial charge >= 0.3 is 0 Å². The van der Waals surface area contributed by atoms with Crippen molar-refractivity contribution in [3.63, 3.8) is 0 Å². The minimum Gasteiger partial charge on any atom is -0.488 e. The Morgan fingerprint density at radius 1 is 1.22 bits per heavy atom. The van der Waals surface area contributed by atoms with E-state index in [4.69, 9.17) is 4.74 Å². The van der Waals surface area contributed by atoms with Crippen molar-refractivity contribution in [2.45, 2.75) is 13.5 Å². The summed E-state index contributed by atoms with van der Waals surface area (Å²) in [4.78, 5) is 10.7.